The number of hydrogen-bond acceptors (Lipinski definition) is 4. The minimum atomic E-state index is 0.404. The summed E-state index contributed by atoms with van der Waals surface area (Å²) in [4.78, 5) is 0. The highest BCUT2D eigenvalue weighted by Crippen LogP contribution is 2.65. The van der Waals surface area contributed by atoms with Crippen LogP contribution in [0.2, 0.25) is 0 Å². The zero-order valence-corrected chi connectivity index (χ0v) is 17.6. The number of thioether (sulfide) groups is 2. The zero-order valence-electron chi connectivity index (χ0n) is 16.0. The highest BCUT2D eigenvalue weighted by Gasteiger charge is 2.57. The monoisotopic (exact) mass is 388 g/mol. The van der Waals surface area contributed by atoms with Gasteiger partial charge in [-0.05, 0) is 118 Å². The van der Waals surface area contributed by atoms with Gasteiger partial charge in [-0.15, -0.1) is 11.8 Å². The van der Waals surface area contributed by atoms with Crippen LogP contribution in [0.3, 0.4) is 0 Å². The van der Waals surface area contributed by atoms with Gasteiger partial charge in [0, 0.05) is 5.71 Å². The van der Waals surface area contributed by atoms with Gasteiger partial charge in [0.15, 0.2) is 0 Å². The fraction of sp³-hybridized carbons (Fsp3) is 0.909. The maximum Gasteiger partial charge on any atom is 0.0838 e. The lowest BCUT2D eigenvalue weighted by atomic mass is 9.55. The van der Waals surface area contributed by atoms with Gasteiger partial charge < -0.3 is 0 Å². The van der Waals surface area contributed by atoms with Gasteiger partial charge >= 0.3 is 0 Å². The van der Waals surface area contributed by atoms with E-state index in [1.807, 2.05) is 11.8 Å². The van der Waals surface area contributed by atoms with Gasteiger partial charge in [0.25, 0.3) is 0 Å². The highest BCUT2D eigenvalue weighted by atomic mass is 32.2. The van der Waals surface area contributed by atoms with Gasteiger partial charge in [-0.3, -0.25) is 0 Å². The van der Waals surface area contributed by atoms with E-state index in [-0.39, 0.29) is 0 Å². The van der Waals surface area contributed by atoms with Gasteiger partial charge in [-0.1, -0.05) is 11.8 Å². The number of nitrogens with zero attached hydrogens (tertiary/aromatic N) is 2. The van der Waals surface area contributed by atoms with E-state index in [0.717, 1.165) is 47.3 Å². The van der Waals surface area contributed by atoms with Crippen molar-refractivity contribution in [2.75, 3.05) is 6.26 Å². The van der Waals surface area contributed by atoms with Crippen molar-refractivity contribution in [2.24, 2.45) is 57.5 Å². The van der Waals surface area contributed by atoms with Gasteiger partial charge in [0.05, 0.1) is 9.63 Å². The van der Waals surface area contributed by atoms with E-state index in [1.165, 1.54) is 69.9 Å². The molecule has 8 rings (SSSR count). The van der Waals surface area contributed by atoms with Gasteiger partial charge in [0.2, 0.25) is 0 Å². The maximum atomic E-state index is 4.85. The predicted molar refractivity (Wildman–Crippen MR) is 114 cm³/mol. The molecule has 8 bridgehead atoms. The molecule has 0 N–H and O–H groups in total. The zero-order chi connectivity index (χ0) is 17.3. The Morgan fingerprint density at radius 3 is 1.77 bits per heavy atom. The summed E-state index contributed by atoms with van der Waals surface area (Å²) in [5.41, 5.74) is 3.63. The molecule has 0 amide bonds. The Morgan fingerprint density at radius 2 is 1.27 bits per heavy atom. The van der Waals surface area contributed by atoms with Gasteiger partial charge in [-0.2, -0.15) is 10.2 Å². The summed E-state index contributed by atoms with van der Waals surface area (Å²) >= 11 is 4.19. The average molecular weight is 389 g/mol. The third-order valence-electron chi connectivity index (χ3n) is 9.03. The normalized spacial score (nSPS) is 53.8. The SMILES string of the molecule is CSC1(S/C=N/N=C2C3CC4CC(C3)CC2C4)C2CC3CC(C2)CC1C3. The molecule has 0 aliphatic heterocycles. The molecule has 0 radical (unpaired) electrons. The van der Waals surface area contributed by atoms with Crippen LogP contribution >= 0.6 is 23.5 Å². The maximum absolute atomic E-state index is 4.85. The van der Waals surface area contributed by atoms with Crippen molar-refractivity contribution in [3.8, 4) is 0 Å². The molecule has 0 spiro atoms. The molecule has 0 saturated heterocycles. The molecule has 8 saturated carbocycles. The van der Waals surface area contributed by atoms with Crippen LogP contribution in [-0.2, 0) is 0 Å². The standard InChI is InChI=1S/C22H32N2S2/c1-25-22(19-8-15-3-16(10-19)11-20(22)9-15)26-12-23-24-21-17-4-13-2-14(6-17)7-18(21)5-13/h12-20H,2-11H2,1H3/b23-12+,24-21?. The average Bonchev–Trinajstić information content (AvgIpc) is 2.61. The van der Waals surface area contributed by atoms with Crippen molar-refractivity contribution in [1.29, 1.82) is 0 Å². The van der Waals surface area contributed by atoms with Crippen molar-refractivity contribution in [1.82, 2.24) is 0 Å². The van der Waals surface area contributed by atoms with Crippen molar-refractivity contribution < 1.29 is 0 Å². The first-order valence-corrected chi connectivity index (χ1v) is 13.2. The predicted octanol–water partition coefficient (Wildman–Crippen LogP) is 6.08. The smallest absolute Gasteiger partial charge is 0.0838 e. The second-order valence-corrected chi connectivity index (χ2v) is 12.9. The molecule has 0 heterocycles. The largest absolute Gasteiger partial charge is 0.159 e. The molecule has 26 heavy (non-hydrogen) atoms. The Labute approximate surface area is 166 Å². The van der Waals surface area contributed by atoms with Crippen LogP contribution in [0.15, 0.2) is 10.2 Å². The van der Waals surface area contributed by atoms with Crippen LogP contribution in [0.25, 0.3) is 0 Å². The lowest BCUT2D eigenvalue weighted by Crippen LogP contribution is -2.53. The molecular formula is C22H32N2S2. The van der Waals surface area contributed by atoms with Crippen LogP contribution in [0.5, 0.6) is 0 Å². The van der Waals surface area contributed by atoms with E-state index in [4.69, 9.17) is 5.10 Å². The van der Waals surface area contributed by atoms with E-state index in [9.17, 15) is 0 Å². The Balaban J connectivity index is 1.18. The molecule has 142 valence electrons. The Bertz CT molecular complexity index is 582. The first kappa shape index (κ1) is 16.9. The summed E-state index contributed by atoms with van der Waals surface area (Å²) in [7, 11) is 0. The molecular weight excluding hydrogens is 356 g/mol. The van der Waals surface area contributed by atoms with Gasteiger partial charge in [0.1, 0.15) is 0 Å². The summed E-state index contributed by atoms with van der Waals surface area (Å²) in [6.07, 6.45) is 17.0. The quantitative estimate of drug-likeness (QED) is 0.252. The Morgan fingerprint density at radius 1 is 0.769 bits per heavy atom. The molecule has 0 aromatic carbocycles. The third-order valence-corrected chi connectivity index (χ3v) is 12.4. The molecule has 8 fully saturated rings. The van der Waals surface area contributed by atoms with Crippen LogP contribution in [0.4, 0.5) is 0 Å². The van der Waals surface area contributed by atoms with Crippen molar-refractivity contribution in [3.05, 3.63) is 0 Å². The van der Waals surface area contributed by atoms with Crippen LogP contribution in [0, 0.1) is 47.3 Å². The summed E-state index contributed by atoms with van der Waals surface area (Å²) in [5, 5.41) is 9.52. The third kappa shape index (κ3) is 2.53. The first-order valence-electron chi connectivity index (χ1n) is 11.1. The lowest BCUT2D eigenvalue weighted by Gasteiger charge is -2.59. The molecule has 0 aromatic rings. The molecule has 8 aliphatic carbocycles. The Kier molecular flexibility index (Phi) is 4.09. The van der Waals surface area contributed by atoms with Crippen molar-refractivity contribution >= 4 is 34.8 Å². The molecule has 8 aliphatic rings. The van der Waals surface area contributed by atoms with Crippen LogP contribution in [-0.4, -0.2) is 21.6 Å². The molecule has 2 nitrogen and oxygen atoms in total. The summed E-state index contributed by atoms with van der Waals surface area (Å²) in [5.74, 6) is 7.52. The number of hydrogen-bond donors (Lipinski definition) is 0. The van der Waals surface area contributed by atoms with Crippen molar-refractivity contribution in [2.45, 2.75) is 68.3 Å². The minimum Gasteiger partial charge on any atom is -0.159 e. The molecule has 0 unspecified atom stereocenters. The van der Waals surface area contributed by atoms with Crippen molar-refractivity contribution in [3.63, 3.8) is 0 Å². The summed E-state index contributed by atoms with van der Waals surface area (Å²) < 4.78 is 0.404. The fourth-order valence-electron chi connectivity index (χ4n) is 8.44. The van der Waals surface area contributed by atoms with Crippen LogP contribution in [0.1, 0.15) is 64.2 Å². The Hall–Kier alpha value is 0.0400. The van der Waals surface area contributed by atoms with Crippen LogP contribution < -0.4 is 0 Å². The fourth-order valence-corrected chi connectivity index (χ4v) is 11.0. The van der Waals surface area contributed by atoms with E-state index in [0.29, 0.717) is 4.08 Å². The highest BCUT2D eigenvalue weighted by molar-refractivity contribution is 8.24. The lowest BCUT2D eigenvalue weighted by molar-refractivity contribution is 0.0159. The second kappa shape index (κ2) is 6.27. The van der Waals surface area contributed by atoms with Gasteiger partial charge in [-0.25, -0.2) is 0 Å². The molecule has 4 heteroatoms. The topological polar surface area (TPSA) is 24.7 Å². The summed E-state index contributed by atoms with van der Waals surface area (Å²) in [6, 6.07) is 0. The molecule has 0 aromatic heterocycles. The minimum absolute atomic E-state index is 0.404. The summed E-state index contributed by atoms with van der Waals surface area (Å²) in [6.45, 7) is 0. The molecule has 0 atom stereocenters. The van der Waals surface area contributed by atoms with E-state index >= 15 is 0 Å². The van der Waals surface area contributed by atoms with E-state index in [2.05, 4.69) is 28.7 Å². The van der Waals surface area contributed by atoms with E-state index < -0.39 is 0 Å². The first-order chi connectivity index (χ1) is 12.7. The second-order valence-electron chi connectivity index (χ2n) is 10.4. The number of rotatable bonds is 4. The van der Waals surface area contributed by atoms with E-state index in [1.54, 1.807) is 0 Å².